The monoisotopic (exact) mass is 686 g/mol. The van der Waals surface area contributed by atoms with Gasteiger partial charge in [-0.25, -0.2) is 0 Å². The molecule has 2 aliphatic carbocycles. The lowest BCUT2D eigenvalue weighted by Crippen LogP contribution is -2.22. The van der Waals surface area contributed by atoms with Crippen molar-refractivity contribution in [2.45, 2.75) is 127 Å². The van der Waals surface area contributed by atoms with E-state index in [4.69, 9.17) is 0 Å². The normalized spacial score (nSPS) is 21.2. The Morgan fingerprint density at radius 1 is 0.588 bits per heavy atom. The quantitative estimate of drug-likeness (QED) is 0.242. The molecule has 0 N–H and O–H groups in total. The molecule has 0 spiro atoms. The zero-order valence-electron chi connectivity index (χ0n) is 24.3. The lowest BCUT2D eigenvalue weighted by atomic mass is 9.76. The van der Waals surface area contributed by atoms with Crippen molar-refractivity contribution in [1.29, 1.82) is 0 Å². The van der Waals surface area contributed by atoms with Crippen molar-refractivity contribution in [1.82, 2.24) is 0 Å². The molecule has 0 nitrogen and oxygen atoms in total. The van der Waals surface area contributed by atoms with Crippen LogP contribution in [0.4, 0.5) is 0 Å². The minimum absolute atomic E-state index is 0.350. The predicted octanol–water partition coefficient (Wildman–Crippen LogP) is 10.9. The van der Waals surface area contributed by atoms with Crippen LogP contribution in [0.2, 0.25) is 0 Å². The summed E-state index contributed by atoms with van der Waals surface area (Å²) in [5, 5.41) is 0. The average molecular weight is 687 g/mol. The number of hydrogen-bond donors (Lipinski definition) is 0. The SMILES string of the molecule is Cc1c(C)c(C)c2c(c1C)C(C)CC2(C)C.Cc1c(C)c(C)c2c(c1C)CC(C)C2(C)C.II. The van der Waals surface area contributed by atoms with Crippen LogP contribution in [0.15, 0.2) is 0 Å². The maximum atomic E-state index is 2.41. The van der Waals surface area contributed by atoms with Crippen LogP contribution in [0, 0.1) is 61.3 Å². The fourth-order valence-electron chi connectivity index (χ4n) is 7.12. The molecule has 190 valence electrons. The zero-order valence-corrected chi connectivity index (χ0v) is 28.6. The molecule has 2 heteroatoms. The molecule has 0 radical (unpaired) electrons. The van der Waals surface area contributed by atoms with E-state index in [0.717, 1.165) is 11.8 Å². The first kappa shape index (κ1) is 30.1. The molecule has 0 amide bonds. The summed E-state index contributed by atoms with van der Waals surface area (Å²) in [7, 11) is 0. The first-order valence-electron chi connectivity index (χ1n) is 12.9. The van der Waals surface area contributed by atoms with E-state index in [2.05, 4.69) is 134 Å². The number of halogens is 2. The fourth-order valence-corrected chi connectivity index (χ4v) is 7.12. The standard InChI is InChI=1S/2C16H24.I2/c1-9-8-16(6,7)15-13(5)11(3)10(2)12(4)14(9)15;1-9-8-14-12(4)10(2)11(3)13(5)15(14)16(9,6)7;1-2/h2*9H,8H2,1-7H3;. The van der Waals surface area contributed by atoms with Crippen LogP contribution in [0.5, 0.6) is 0 Å². The molecule has 4 rings (SSSR count). The van der Waals surface area contributed by atoms with Gasteiger partial charge in [0.2, 0.25) is 0 Å². The van der Waals surface area contributed by atoms with E-state index < -0.39 is 0 Å². The molecule has 0 fully saturated rings. The second-order valence-electron chi connectivity index (χ2n) is 12.5. The number of rotatable bonds is 0. The fraction of sp³-hybridized carbons (Fsp3) is 0.625. The number of fused-ring (bicyclic) bond motifs is 2. The van der Waals surface area contributed by atoms with E-state index in [9.17, 15) is 0 Å². The van der Waals surface area contributed by atoms with Gasteiger partial charge in [-0.1, -0.05) is 41.5 Å². The highest BCUT2D eigenvalue weighted by atomic mass is 128. The topological polar surface area (TPSA) is 0 Å². The van der Waals surface area contributed by atoms with Gasteiger partial charge < -0.3 is 0 Å². The third-order valence-electron chi connectivity index (χ3n) is 9.93. The lowest BCUT2D eigenvalue weighted by Gasteiger charge is -2.28. The molecule has 2 unspecified atom stereocenters. The van der Waals surface area contributed by atoms with Crippen molar-refractivity contribution < 1.29 is 0 Å². The number of benzene rings is 2. The molecule has 2 aliphatic rings. The third-order valence-corrected chi connectivity index (χ3v) is 9.93. The summed E-state index contributed by atoms with van der Waals surface area (Å²) in [6.07, 6.45) is 2.56. The molecule has 0 saturated carbocycles. The van der Waals surface area contributed by atoms with Crippen LogP contribution in [-0.2, 0) is 17.3 Å². The van der Waals surface area contributed by atoms with Gasteiger partial charge in [0, 0.05) is 37.2 Å². The van der Waals surface area contributed by atoms with Crippen LogP contribution >= 0.6 is 37.2 Å². The van der Waals surface area contributed by atoms with E-state index in [1.807, 2.05) is 0 Å². The van der Waals surface area contributed by atoms with Crippen molar-refractivity contribution >= 4 is 37.2 Å². The van der Waals surface area contributed by atoms with Crippen molar-refractivity contribution in [3.05, 3.63) is 66.8 Å². The molecule has 0 aliphatic heterocycles. The van der Waals surface area contributed by atoms with Crippen molar-refractivity contribution in [2.24, 2.45) is 5.92 Å². The predicted molar refractivity (Wildman–Crippen MR) is 171 cm³/mol. The van der Waals surface area contributed by atoms with Crippen LogP contribution < -0.4 is 0 Å². The molecule has 0 aromatic heterocycles. The third kappa shape index (κ3) is 4.89. The van der Waals surface area contributed by atoms with E-state index in [1.165, 1.54) is 57.3 Å². The Bertz CT molecular complexity index is 1090. The van der Waals surface area contributed by atoms with Gasteiger partial charge in [0.1, 0.15) is 0 Å². The van der Waals surface area contributed by atoms with Gasteiger partial charge in [0.15, 0.2) is 0 Å². The van der Waals surface area contributed by atoms with Gasteiger partial charge in [-0.2, -0.15) is 0 Å². The molecular formula is C32H48I2. The Hall–Kier alpha value is -0.1000. The second-order valence-corrected chi connectivity index (χ2v) is 12.5. The van der Waals surface area contributed by atoms with Crippen molar-refractivity contribution in [2.75, 3.05) is 0 Å². The highest BCUT2D eigenvalue weighted by molar-refractivity contribution is 15.0. The first-order chi connectivity index (χ1) is 15.6. The summed E-state index contributed by atoms with van der Waals surface area (Å²) in [5.41, 5.74) is 19.4. The van der Waals surface area contributed by atoms with E-state index in [1.54, 1.807) is 22.3 Å². The minimum Gasteiger partial charge on any atom is -0.0614 e. The first-order valence-corrected chi connectivity index (χ1v) is 19.2. The Morgan fingerprint density at radius 3 is 1.50 bits per heavy atom. The zero-order chi connectivity index (χ0) is 26.5. The molecule has 0 saturated heterocycles. The maximum absolute atomic E-state index is 2.41. The van der Waals surface area contributed by atoms with E-state index in [0.29, 0.717) is 10.8 Å². The molecule has 2 atom stereocenters. The molecule has 34 heavy (non-hydrogen) atoms. The smallest absolute Gasteiger partial charge is 0 e. The van der Waals surface area contributed by atoms with Gasteiger partial charge in [0.25, 0.3) is 0 Å². The van der Waals surface area contributed by atoms with E-state index in [-0.39, 0.29) is 0 Å². The summed E-state index contributed by atoms with van der Waals surface area (Å²) in [6.45, 7) is 32.7. The Balaban J connectivity index is 0.000000224. The van der Waals surface area contributed by atoms with Gasteiger partial charge in [0.05, 0.1) is 0 Å². The number of hydrogen-bond acceptors (Lipinski definition) is 0. The largest absolute Gasteiger partial charge is 0.0614 e. The molecule has 2 aromatic carbocycles. The van der Waals surface area contributed by atoms with Gasteiger partial charge in [-0.3, -0.25) is 0 Å². The van der Waals surface area contributed by atoms with Crippen molar-refractivity contribution in [3.8, 4) is 0 Å². The molecular weight excluding hydrogens is 638 g/mol. The lowest BCUT2D eigenvalue weighted by molar-refractivity contribution is 0.378. The Labute approximate surface area is 234 Å². The molecule has 0 heterocycles. The summed E-state index contributed by atoms with van der Waals surface area (Å²) in [5.74, 6) is 1.49. The maximum Gasteiger partial charge on any atom is 0 e. The summed E-state index contributed by atoms with van der Waals surface area (Å²) in [4.78, 5) is 0. The van der Waals surface area contributed by atoms with E-state index >= 15 is 0 Å². The summed E-state index contributed by atoms with van der Waals surface area (Å²) in [6, 6.07) is 0. The Kier molecular flexibility index (Phi) is 9.49. The van der Waals surface area contributed by atoms with Gasteiger partial charge in [-0.05, 0) is 158 Å². The van der Waals surface area contributed by atoms with Crippen LogP contribution in [0.3, 0.4) is 0 Å². The Morgan fingerprint density at radius 2 is 1.00 bits per heavy atom. The molecule has 2 aromatic rings. The van der Waals surface area contributed by atoms with Crippen LogP contribution in [0.25, 0.3) is 0 Å². The van der Waals surface area contributed by atoms with Gasteiger partial charge in [-0.15, -0.1) is 0 Å². The summed E-state index contributed by atoms with van der Waals surface area (Å²) < 4.78 is 0. The average Bonchev–Trinajstić information content (AvgIpc) is 3.16. The van der Waals surface area contributed by atoms with Crippen molar-refractivity contribution in [3.63, 3.8) is 0 Å². The second kappa shape index (κ2) is 10.7. The molecule has 0 bridgehead atoms. The van der Waals surface area contributed by atoms with Gasteiger partial charge >= 0.3 is 0 Å². The summed E-state index contributed by atoms with van der Waals surface area (Å²) >= 11 is 4.24. The highest BCUT2D eigenvalue weighted by Gasteiger charge is 2.39. The minimum atomic E-state index is 0.350. The van der Waals surface area contributed by atoms with Crippen LogP contribution in [-0.4, -0.2) is 0 Å². The highest BCUT2D eigenvalue weighted by Crippen LogP contribution is 2.50. The van der Waals surface area contributed by atoms with Crippen LogP contribution in [0.1, 0.15) is 121 Å².